The summed E-state index contributed by atoms with van der Waals surface area (Å²) < 4.78 is 39.0. The lowest BCUT2D eigenvalue weighted by atomic mass is 9.80. The Morgan fingerprint density at radius 2 is 1.91 bits per heavy atom. The molecule has 0 radical (unpaired) electrons. The van der Waals surface area contributed by atoms with Gasteiger partial charge in [0.05, 0.1) is 23.0 Å². The number of carbonyl (C=O) groups excluding carboxylic acids is 1. The minimum atomic E-state index is -4.62. The van der Waals surface area contributed by atoms with Crippen LogP contribution in [0, 0.1) is 0 Å². The second kappa shape index (κ2) is 5.35. The van der Waals surface area contributed by atoms with Crippen LogP contribution in [0.4, 0.5) is 13.2 Å². The van der Waals surface area contributed by atoms with Gasteiger partial charge in [-0.1, -0.05) is 29.8 Å². The van der Waals surface area contributed by atoms with Crippen LogP contribution in [0.1, 0.15) is 39.5 Å². The van der Waals surface area contributed by atoms with Gasteiger partial charge < -0.3 is 0 Å². The van der Waals surface area contributed by atoms with Crippen molar-refractivity contribution < 1.29 is 18.0 Å². The quantitative estimate of drug-likeness (QED) is 0.793. The number of hydrogen-bond donors (Lipinski definition) is 0. The number of aromatic nitrogens is 2. The van der Waals surface area contributed by atoms with Crippen molar-refractivity contribution in [3.05, 3.63) is 57.9 Å². The van der Waals surface area contributed by atoms with Crippen molar-refractivity contribution in [2.75, 3.05) is 0 Å². The molecule has 2 aromatic rings. The maximum atomic E-state index is 13.0. The number of carbonyl (C=O) groups is 1. The van der Waals surface area contributed by atoms with E-state index in [1.807, 2.05) is 0 Å². The molecule has 1 heterocycles. The van der Waals surface area contributed by atoms with Crippen molar-refractivity contribution in [3.8, 4) is 0 Å². The molecule has 1 aromatic carbocycles. The fourth-order valence-corrected chi connectivity index (χ4v) is 3.04. The molecule has 0 aliphatic heterocycles. The highest BCUT2D eigenvalue weighted by molar-refractivity contribution is 6.31. The third kappa shape index (κ3) is 2.59. The Bertz CT molecular complexity index is 746. The smallest absolute Gasteiger partial charge is 0.294 e. The fraction of sp³-hybridized carbons (Fsp3) is 0.267. The molecule has 0 amide bonds. The number of Topliss-reactive ketones (excluding diaryl/α,β-unsaturated/α-hetero) is 1. The third-order valence-electron chi connectivity index (χ3n) is 3.72. The number of nitrogens with zero attached hydrogens (tertiary/aromatic N) is 2. The first-order valence-corrected chi connectivity index (χ1v) is 6.95. The summed E-state index contributed by atoms with van der Waals surface area (Å²) in [5.74, 6) is -0.861. The maximum absolute atomic E-state index is 13.0. The van der Waals surface area contributed by atoms with E-state index in [0.717, 1.165) is 5.56 Å². The van der Waals surface area contributed by atoms with Gasteiger partial charge in [-0.25, -0.2) is 0 Å². The molecular formula is C15H10ClF3N2O. The summed E-state index contributed by atoms with van der Waals surface area (Å²) in [5.41, 5.74) is -0.552. The van der Waals surface area contributed by atoms with Crippen molar-refractivity contribution in [2.24, 2.45) is 0 Å². The van der Waals surface area contributed by atoms with Crippen LogP contribution < -0.4 is 0 Å². The van der Waals surface area contributed by atoms with E-state index < -0.39 is 17.5 Å². The molecule has 1 unspecified atom stereocenters. The number of alkyl halides is 3. The van der Waals surface area contributed by atoms with E-state index in [2.05, 4.69) is 10.2 Å². The summed E-state index contributed by atoms with van der Waals surface area (Å²) >= 11 is 6.11. The van der Waals surface area contributed by atoms with Crippen molar-refractivity contribution in [2.45, 2.75) is 24.9 Å². The topological polar surface area (TPSA) is 42.9 Å². The van der Waals surface area contributed by atoms with Gasteiger partial charge in [-0.3, -0.25) is 4.79 Å². The predicted octanol–water partition coefficient (Wildman–Crippen LogP) is 4.06. The van der Waals surface area contributed by atoms with Gasteiger partial charge >= 0.3 is 6.18 Å². The Labute approximate surface area is 129 Å². The maximum Gasteiger partial charge on any atom is 0.418 e. The minimum Gasteiger partial charge on any atom is -0.294 e. The Balaban J connectivity index is 2.05. The van der Waals surface area contributed by atoms with Gasteiger partial charge in [0.15, 0.2) is 5.78 Å². The zero-order chi connectivity index (χ0) is 15.9. The third-order valence-corrected chi connectivity index (χ3v) is 4.07. The van der Waals surface area contributed by atoms with E-state index in [4.69, 9.17) is 11.6 Å². The Morgan fingerprint density at radius 1 is 1.18 bits per heavy atom. The largest absolute Gasteiger partial charge is 0.418 e. The van der Waals surface area contributed by atoms with Crippen LogP contribution in [-0.4, -0.2) is 16.0 Å². The normalized spacial score (nSPS) is 18.2. The van der Waals surface area contributed by atoms with Crippen molar-refractivity contribution in [1.29, 1.82) is 0 Å². The number of benzene rings is 1. The molecule has 0 spiro atoms. The molecule has 0 fully saturated rings. The summed E-state index contributed by atoms with van der Waals surface area (Å²) in [4.78, 5) is 12.2. The zero-order valence-corrected chi connectivity index (χ0v) is 11.9. The summed E-state index contributed by atoms with van der Waals surface area (Å²) in [5, 5.41) is 7.62. The van der Waals surface area contributed by atoms with Crippen LogP contribution in [0.25, 0.3) is 0 Å². The molecule has 114 valence electrons. The molecule has 0 bridgehead atoms. The van der Waals surface area contributed by atoms with Gasteiger partial charge in [0.1, 0.15) is 0 Å². The predicted molar refractivity (Wildman–Crippen MR) is 73.9 cm³/mol. The molecule has 0 N–H and O–H groups in total. The average Bonchev–Trinajstić information content (AvgIpc) is 2.46. The van der Waals surface area contributed by atoms with Crippen LogP contribution in [0.2, 0.25) is 5.02 Å². The van der Waals surface area contributed by atoms with E-state index >= 15 is 0 Å². The Morgan fingerprint density at radius 3 is 2.59 bits per heavy atom. The molecule has 0 saturated carbocycles. The first kappa shape index (κ1) is 15.0. The highest BCUT2D eigenvalue weighted by Crippen LogP contribution is 2.39. The lowest BCUT2D eigenvalue weighted by molar-refractivity contribution is -0.138. The number of ketones is 1. The van der Waals surface area contributed by atoms with Crippen LogP contribution in [0.5, 0.6) is 0 Å². The first-order valence-electron chi connectivity index (χ1n) is 6.57. The molecule has 3 rings (SSSR count). The molecule has 0 saturated heterocycles. The average molecular weight is 327 g/mol. The van der Waals surface area contributed by atoms with E-state index in [-0.39, 0.29) is 30.0 Å². The highest BCUT2D eigenvalue weighted by atomic mass is 35.5. The van der Waals surface area contributed by atoms with Crippen LogP contribution in [0.3, 0.4) is 0 Å². The van der Waals surface area contributed by atoms with E-state index in [9.17, 15) is 18.0 Å². The number of fused-ring (bicyclic) bond motifs is 1. The molecule has 1 aromatic heterocycles. The van der Waals surface area contributed by atoms with Gasteiger partial charge in [0.25, 0.3) is 0 Å². The summed E-state index contributed by atoms with van der Waals surface area (Å²) in [6.45, 7) is 0. The van der Waals surface area contributed by atoms with Crippen LogP contribution in [-0.2, 0) is 12.6 Å². The molecule has 1 atom stereocenters. The second-order valence-corrected chi connectivity index (χ2v) is 5.53. The molecule has 1 aliphatic carbocycles. The highest BCUT2D eigenvalue weighted by Gasteiger charge is 2.40. The lowest BCUT2D eigenvalue weighted by Crippen LogP contribution is -2.25. The summed E-state index contributed by atoms with van der Waals surface area (Å²) in [7, 11) is 0. The molecular weight excluding hydrogens is 317 g/mol. The molecule has 1 aliphatic rings. The summed E-state index contributed by atoms with van der Waals surface area (Å²) in [6, 6.07) is 6.99. The van der Waals surface area contributed by atoms with E-state index in [1.54, 1.807) is 24.3 Å². The first-order chi connectivity index (χ1) is 10.4. The lowest BCUT2D eigenvalue weighted by Gasteiger charge is -2.25. The standard InChI is InChI=1S/C15H10ClF3N2O/c16-11-4-2-1-3-9(11)8-5-12-14(13(22)6-8)10(7-20-21-12)15(17,18)19/h1-4,7-8H,5-6H2. The SMILES string of the molecule is O=C1CC(c2ccccc2Cl)Cc2nncc(C(F)(F)F)c21. The Kier molecular flexibility index (Phi) is 3.64. The van der Waals surface area contributed by atoms with Gasteiger partial charge in [-0.2, -0.15) is 23.4 Å². The van der Waals surface area contributed by atoms with Crippen LogP contribution >= 0.6 is 11.6 Å². The van der Waals surface area contributed by atoms with Gasteiger partial charge in [0.2, 0.25) is 0 Å². The zero-order valence-electron chi connectivity index (χ0n) is 11.2. The van der Waals surface area contributed by atoms with E-state index in [0.29, 0.717) is 11.2 Å². The van der Waals surface area contributed by atoms with Crippen molar-refractivity contribution in [1.82, 2.24) is 10.2 Å². The molecule has 22 heavy (non-hydrogen) atoms. The van der Waals surface area contributed by atoms with Gasteiger partial charge in [-0.05, 0) is 24.0 Å². The number of hydrogen-bond acceptors (Lipinski definition) is 3. The van der Waals surface area contributed by atoms with Crippen molar-refractivity contribution in [3.63, 3.8) is 0 Å². The number of halogens is 4. The van der Waals surface area contributed by atoms with Gasteiger partial charge in [0, 0.05) is 11.4 Å². The fourth-order valence-electron chi connectivity index (χ4n) is 2.75. The van der Waals surface area contributed by atoms with Crippen LogP contribution in [0.15, 0.2) is 30.5 Å². The molecule has 3 nitrogen and oxygen atoms in total. The minimum absolute atomic E-state index is 0.0223. The second-order valence-electron chi connectivity index (χ2n) is 5.13. The number of rotatable bonds is 1. The Hall–Kier alpha value is -1.95. The summed E-state index contributed by atoms with van der Waals surface area (Å²) in [6.07, 6.45) is -3.83. The van der Waals surface area contributed by atoms with Gasteiger partial charge in [-0.15, -0.1) is 0 Å². The molecule has 7 heteroatoms. The monoisotopic (exact) mass is 326 g/mol. The van der Waals surface area contributed by atoms with E-state index in [1.165, 1.54) is 0 Å². The van der Waals surface area contributed by atoms with Crippen molar-refractivity contribution >= 4 is 17.4 Å².